The van der Waals surface area contributed by atoms with Gasteiger partial charge in [0.1, 0.15) is 0 Å². The van der Waals surface area contributed by atoms with Crippen LogP contribution in [-0.4, -0.2) is 16.3 Å². The zero-order valence-corrected chi connectivity index (χ0v) is 7.86. The van der Waals surface area contributed by atoms with Crippen molar-refractivity contribution in [2.75, 3.05) is 0 Å². The molecule has 0 saturated heterocycles. The molecular weight excluding hydrogens is 194 g/mol. The minimum atomic E-state index is -0.0497. The fourth-order valence-corrected chi connectivity index (χ4v) is 0.932. The van der Waals surface area contributed by atoms with Gasteiger partial charge in [-0.2, -0.15) is 0 Å². The number of alkyl halides is 1. The smallest absolute Gasteiger partial charge is 0.176 e. The van der Waals surface area contributed by atoms with Crippen LogP contribution in [0.3, 0.4) is 0 Å². The number of Topliss-reactive ketones (excluding diaryl/α,β-unsaturated/α-hetero) is 1. The van der Waals surface area contributed by atoms with E-state index in [2.05, 4.69) is 15.9 Å². The molecule has 0 spiro atoms. The lowest BCUT2D eigenvalue weighted by atomic mass is 10.1. The minimum Gasteiger partial charge on any atom is -0.302 e. The zero-order chi connectivity index (χ0) is 8.15. The molecular formula is C7H12BrNO. The van der Waals surface area contributed by atoms with Crippen molar-refractivity contribution < 1.29 is 4.79 Å². The van der Waals surface area contributed by atoms with Crippen molar-refractivity contribution in [3.63, 3.8) is 0 Å². The number of rotatable bonds is 4. The summed E-state index contributed by atoms with van der Waals surface area (Å²) in [5, 5.41) is 7.25. The first kappa shape index (κ1) is 9.82. The molecule has 0 aromatic carbocycles. The van der Waals surface area contributed by atoms with E-state index in [-0.39, 0.29) is 16.3 Å². The average Bonchev–Trinajstić information content (AvgIpc) is 1.85. The van der Waals surface area contributed by atoms with Crippen molar-refractivity contribution in [2.45, 2.75) is 31.5 Å². The van der Waals surface area contributed by atoms with Crippen LogP contribution in [0.4, 0.5) is 0 Å². The third kappa shape index (κ3) is 3.77. The summed E-state index contributed by atoms with van der Waals surface area (Å²) in [5.41, 5.74) is 0.229. The molecule has 3 heteroatoms. The third-order valence-corrected chi connectivity index (χ3v) is 1.47. The standard InChI is InChI=1S/C7H12BrNO/c1-3-7(10)6(9)4-5(2)8/h5,9H,3-4H2,1-2H3. The van der Waals surface area contributed by atoms with Gasteiger partial charge in [-0.05, 0) is 0 Å². The average molecular weight is 206 g/mol. The number of carbonyl (C=O) groups excluding carboxylic acids is 1. The van der Waals surface area contributed by atoms with E-state index in [1.165, 1.54) is 0 Å². The molecule has 0 radical (unpaired) electrons. The van der Waals surface area contributed by atoms with Crippen LogP contribution in [0.15, 0.2) is 0 Å². The van der Waals surface area contributed by atoms with Gasteiger partial charge in [-0.15, -0.1) is 0 Å². The lowest BCUT2D eigenvalue weighted by molar-refractivity contribution is -0.112. The molecule has 2 nitrogen and oxygen atoms in total. The van der Waals surface area contributed by atoms with Gasteiger partial charge in [-0.25, -0.2) is 0 Å². The first-order chi connectivity index (χ1) is 4.57. The molecule has 0 aromatic heterocycles. The number of ketones is 1. The number of hydrogen-bond acceptors (Lipinski definition) is 2. The number of carbonyl (C=O) groups is 1. The van der Waals surface area contributed by atoms with E-state index < -0.39 is 0 Å². The van der Waals surface area contributed by atoms with Crippen LogP contribution < -0.4 is 0 Å². The molecule has 0 fully saturated rings. The van der Waals surface area contributed by atoms with Crippen LogP contribution in [0.25, 0.3) is 0 Å². The molecule has 0 bridgehead atoms. The fraction of sp³-hybridized carbons (Fsp3) is 0.714. The highest BCUT2D eigenvalue weighted by Crippen LogP contribution is 2.04. The van der Waals surface area contributed by atoms with E-state index in [4.69, 9.17) is 5.41 Å². The van der Waals surface area contributed by atoms with E-state index in [0.29, 0.717) is 12.8 Å². The van der Waals surface area contributed by atoms with E-state index in [1.54, 1.807) is 6.92 Å². The van der Waals surface area contributed by atoms with Gasteiger partial charge in [0.05, 0.1) is 5.71 Å². The first-order valence-corrected chi connectivity index (χ1v) is 4.24. The van der Waals surface area contributed by atoms with Gasteiger partial charge in [0.15, 0.2) is 5.78 Å². The minimum absolute atomic E-state index is 0.0497. The predicted molar refractivity (Wildman–Crippen MR) is 46.0 cm³/mol. The summed E-state index contributed by atoms with van der Waals surface area (Å²) in [5.74, 6) is -0.0497. The number of nitrogens with one attached hydrogen (secondary N) is 1. The summed E-state index contributed by atoms with van der Waals surface area (Å²) < 4.78 is 0. The highest BCUT2D eigenvalue weighted by atomic mass is 79.9. The van der Waals surface area contributed by atoms with Crippen LogP contribution in [0.2, 0.25) is 0 Å². The number of halogens is 1. The molecule has 1 atom stereocenters. The molecule has 58 valence electrons. The Hall–Kier alpha value is -0.180. The molecule has 0 aliphatic carbocycles. The maximum absolute atomic E-state index is 10.8. The van der Waals surface area contributed by atoms with E-state index in [9.17, 15) is 4.79 Å². The summed E-state index contributed by atoms with van der Waals surface area (Å²) in [4.78, 5) is 11.0. The third-order valence-electron chi connectivity index (χ3n) is 1.14. The van der Waals surface area contributed by atoms with Crippen molar-refractivity contribution in [1.29, 1.82) is 5.41 Å². The topological polar surface area (TPSA) is 40.9 Å². The Morgan fingerprint density at radius 3 is 2.50 bits per heavy atom. The van der Waals surface area contributed by atoms with Crippen LogP contribution in [0, 0.1) is 5.41 Å². The summed E-state index contributed by atoms with van der Waals surface area (Å²) in [6.45, 7) is 3.70. The Morgan fingerprint density at radius 1 is 1.70 bits per heavy atom. The van der Waals surface area contributed by atoms with Gasteiger partial charge in [-0.3, -0.25) is 4.79 Å². The lowest BCUT2D eigenvalue weighted by Gasteiger charge is -2.01. The van der Waals surface area contributed by atoms with Gasteiger partial charge >= 0.3 is 0 Å². The van der Waals surface area contributed by atoms with Gasteiger partial charge in [0, 0.05) is 17.7 Å². The summed E-state index contributed by atoms with van der Waals surface area (Å²) in [6.07, 6.45) is 0.977. The maximum atomic E-state index is 10.8. The van der Waals surface area contributed by atoms with Crippen molar-refractivity contribution in [2.24, 2.45) is 0 Å². The molecule has 0 amide bonds. The van der Waals surface area contributed by atoms with Crippen molar-refractivity contribution >= 4 is 27.4 Å². The lowest BCUT2D eigenvalue weighted by Crippen LogP contribution is -2.14. The van der Waals surface area contributed by atoms with Crippen LogP contribution >= 0.6 is 15.9 Å². The van der Waals surface area contributed by atoms with Gasteiger partial charge in [0.25, 0.3) is 0 Å². The van der Waals surface area contributed by atoms with Crippen molar-refractivity contribution in [1.82, 2.24) is 0 Å². The molecule has 0 heterocycles. The zero-order valence-electron chi connectivity index (χ0n) is 6.28. The second-order valence-corrected chi connectivity index (χ2v) is 3.80. The molecule has 1 N–H and O–H groups in total. The van der Waals surface area contributed by atoms with E-state index in [0.717, 1.165) is 0 Å². The molecule has 0 aromatic rings. The number of hydrogen-bond donors (Lipinski definition) is 1. The van der Waals surface area contributed by atoms with E-state index >= 15 is 0 Å². The molecule has 10 heavy (non-hydrogen) atoms. The molecule has 0 aliphatic heterocycles. The molecule has 0 rings (SSSR count). The molecule has 1 unspecified atom stereocenters. The Labute approximate surface area is 69.6 Å². The maximum Gasteiger partial charge on any atom is 0.176 e. The van der Waals surface area contributed by atoms with E-state index in [1.807, 2.05) is 6.92 Å². The predicted octanol–water partition coefficient (Wildman–Crippen LogP) is 2.16. The summed E-state index contributed by atoms with van der Waals surface area (Å²) in [7, 11) is 0. The first-order valence-electron chi connectivity index (χ1n) is 3.32. The van der Waals surface area contributed by atoms with Crippen molar-refractivity contribution in [3.05, 3.63) is 0 Å². The Morgan fingerprint density at radius 2 is 2.20 bits per heavy atom. The highest BCUT2D eigenvalue weighted by Gasteiger charge is 2.08. The summed E-state index contributed by atoms with van der Waals surface area (Å²) in [6, 6.07) is 0. The van der Waals surface area contributed by atoms with Crippen LogP contribution in [0.1, 0.15) is 26.7 Å². The van der Waals surface area contributed by atoms with Crippen molar-refractivity contribution in [3.8, 4) is 0 Å². The fourth-order valence-electron chi connectivity index (χ4n) is 0.608. The Balaban J connectivity index is 3.74. The largest absolute Gasteiger partial charge is 0.302 e. The SMILES string of the molecule is CCC(=O)C(=N)CC(C)Br. The second-order valence-electron chi connectivity index (χ2n) is 2.24. The highest BCUT2D eigenvalue weighted by molar-refractivity contribution is 9.09. The Kier molecular flexibility index (Phi) is 4.52. The van der Waals surface area contributed by atoms with Gasteiger partial charge < -0.3 is 5.41 Å². The molecule has 0 saturated carbocycles. The van der Waals surface area contributed by atoms with Gasteiger partial charge in [-0.1, -0.05) is 29.8 Å². The molecule has 0 aliphatic rings. The normalized spacial score (nSPS) is 12.7. The van der Waals surface area contributed by atoms with Crippen LogP contribution in [-0.2, 0) is 4.79 Å². The summed E-state index contributed by atoms with van der Waals surface area (Å²) >= 11 is 3.28. The monoisotopic (exact) mass is 205 g/mol. The van der Waals surface area contributed by atoms with Crippen LogP contribution in [0.5, 0.6) is 0 Å². The Bertz CT molecular complexity index is 143. The van der Waals surface area contributed by atoms with Gasteiger partial charge in [0.2, 0.25) is 0 Å². The quantitative estimate of drug-likeness (QED) is 0.555. The second kappa shape index (κ2) is 4.61.